The molecule has 0 amide bonds. The van der Waals surface area contributed by atoms with E-state index in [9.17, 15) is 13.2 Å². The average Bonchev–Trinajstić information content (AvgIpc) is 2.28. The number of aliphatic hydroxyl groups excluding tert-OH is 1. The van der Waals surface area contributed by atoms with Gasteiger partial charge in [-0.25, -0.2) is 4.98 Å². The highest BCUT2D eigenvalue weighted by Gasteiger charge is 2.32. The summed E-state index contributed by atoms with van der Waals surface area (Å²) in [5.74, 6) is 0.146. The Hall–Kier alpha value is -1.34. The van der Waals surface area contributed by atoms with E-state index in [1.807, 2.05) is 0 Å². The molecule has 1 aromatic rings. The van der Waals surface area contributed by atoms with E-state index in [1.54, 1.807) is 0 Å². The van der Waals surface area contributed by atoms with Crippen molar-refractivity contribution < 1.29 is 23.0 Å². The van der Waals surface area contributed by atoms with Gasteiger partial charge in [0.05, 0.1) is 19.8 Å². The van der Waals surface area contributed by atoms with E-state index in [-0.39, 0.29) is 19.0 Å². The molecule has 0 aliphatic carbocycles. The lowest BCUT2D eigenvalue weighted by Crippen LogP contribution is -2.14. The first kappa shape index (κ1) is 13.7. The van der Waals surface area contributed by atoms with Crippen LogP contribution >= 0.6 is 0 Å². The fourth-order valence-electron chi connectivity index (χ4n) is 1.11. The maximum atomic E-state index is 12.3. The zero-order valence-electron chi connectivity index (χ0n) is 9.00. The Morgan fingerprint density at radius 2 is 2.06 bits per heavy atom. The van der Waals surface area contributed by atoms with Crippen LogP contribution < -0.4 is 5.32 Å². The molecule has 0 atom stereocenters. The number of alkyl halides is 3. The Morgan fingerprint density at radius 3 is 2.71 bits per heavy atom. The van der Waals surface area contributed by atoms with Crippen LogP contribution in [0.4, 0.5) is 19.0 Å². The lowest BCUT2D eigenvalue weighted by Gasteiger charge is -2.09. The quantitative estimate of drug-likeness (QED) is 0.752. The lowest BCUT2D eigenvalue weighted by molar-refractivity contribution is -0.141. The standard InChI is InChI=1S/C10H13F3N2O2/c11-10(12,13)8-2-1-3-9(15-8)14-4-6-17-7-5-16/h1-3,16H,4-7H2,(H,14,15). The van der Waals surface area contributed by atoms with E-state index in [0.717, 1.165) is 6.07 Å². The van der Waals surface area contributed by atoms with Gasteiger partial charge in [0.1, 0.15) is 11.5 Å². The molecule has 0 saturated carbocycles. The van der Waals surface area contributed by atoms with Crippen LogP contribution in [0.1, 0.15) is 5.69 Å². The Morgan fingerprint density at radius 1 is 1.29 bits per heavy atom. The summed E-state index contributed by atoms with van der Waals surface area (Å²) in [6, 6.07) is 3.64. The number of aromatic nitrogens is 1. The molecule has 0 unspecified atom stereocenters. The smallest absolute Gasteiger partial charge is 0.394 e. The van der Waals surface area contributed by atoms with Crippen molar-refractivity contribution >= 4 is 5.82 Å². The van der Waals surface area contributed by atoms with Crippen molar-refractivity contribution in [3.8, 4) is 0 Å². The second kappa shape index (κ2) is 6.41. The molecule has 0 fully saturated rings. The number of pyridine rings is 1. The van der Waals surface area contributed by atoms with Gasteiger partial charge in [0.25, 0.3) is 0 Å². The zero-order valence-corrected chi connectivity index (χ0v) is 9.00. The van der Waals surface area contributed by atoms with Gasteiger partial charge in [-0.2, -0.15) is 13.2 Å². The first-order chi connectivity index (χ1) is 8.04. The van der Waals surface area contributed by atoms with E-state index in [1.165, 1.54) is 12.1 Å². The largest absolute Gasteiger partial charge is 0.433 e. The highest BCUT2D eigenvalue weighted by Crippen LogP contribution is 2.27. The highest BCUT2D eigenvalue weighted by atomic mass is 19.4. The van der Waals surface area contributed by atoms with Crippen LogP contribution in [0.3, 0.4) is 0 Å². The van der Waals surface area contributed by atoms with Gasteiger partial charge in [-0.1, -0.05) is 6.07 Å². The maximum absolute atomic E-state index is 12.3. The molecular weight excluding hydrogens is 237 g/mol. The minimum atomic E-state index is -4.44. The monoisotopic (exact) mass is 250 g/mol. The SMILES string of the molecule is OCCOCCNc1cccc(C(F)(F)F)n1. The van der Waals surface area contributed by atoms with E-state index in [4.69, 9.17) is 9.84 Å². The number of nitrogens with zero attached hydrogens (tertiary/aromatic N) is 1. The number of hydrogen-bond acceptors (Lipinski definition) is 4. The molecule has 96 valence electrons. The number of rotatable bonds is 6. The molecule has 1 rings (SSSR count). The van der Waals surface area contributed by atoms with Gasteiger partial charge in [0.15, 0.2) is 0 Å². The molecule has 1 heterocycles. The predicted octanol–water partition coefficient (Wildman–Crippen LogP) is 1.52. The minimum absolute atomic E-state index is 0.0815. The second-order valence-corrected chi connectivity index (χ2v) is 3.17. The summed E-state index contributed by atoms with van der Waals surface area (Å²) in [6.45, 7) is 0.742. The van der Waals surface area contributed by atoms with Crippen LogP contribution in [0, 0.1) is 0 Å². The van der Waals surface area contributed by atoms with E-state index in [2.05, 4.69) is 10.3 Å². The molecule has 2 N–H and O–H groups in total. The normalized spacial score (nSPS) is 11.5. The Balaban J connectivity index is 2.44. The Labute approximate surface area is 96.4 Å². The summed E-state index contributed by atoms with van der Waals surface area (Å²) in [6.07, 6.45) is -4.44. The third kappa shape index (κ3) is 5.01. The molecule has 1 aromatic heterocycles. The molecule has 7 heteroatoms. The molecule has 0 radical (unpaired) electrons. The van der Waals surface area contributed by atoms with Crippen molar-refractivity contribution in [2.45, 2.75) is 6.18 Å². The summed E-state index contributed by atoms with van der Waals surface area (Å²) in [4.78, 5) is 3.42. The van der Waals surface area contributed by atoms with Gasteiger partial charge in [0.2, 0.25) is 0 Å². The van der Waals surface area contributed by atoms with Gasteiger partial charge < -0.3 is 15.2 Å². The molecule has 0 bridgehead atoms. The van der Waals surface area contributed by atoms with Gasteiger partial charge >= 0.3 is 6.18 Å². The predicted molar refractivity (Wildman–Crippen MR) is 55.6 cm³/mol. The summed E-state index contributed by atoms with van der Waals surface area (Å²) in [5, 5.41) is 11.1. The zero-order chi connectivity index (χ0) is 12.7. The van der Waals surface area contributed by atoms with Gasteiger partial charge in [-0.15, -0.1) is 0 Å². The van der Waals surface area contributed by atoms with E-state index in [0.29, 0.717) is 13.2 Å². The Kier molecular flexibility index (Phi) is 5.17. The molecule has 0 aromatic carbocycles. The molecule has 0 aliphatic heterocycles. The van der Waals surface area contributed by atoms with Crippen LogP contribution in [0.2, 0.25) is 0 Å². The summed E-state index contributed by atoms with van der Waals surface area (Å²) < 4.78 is 41.9. The van der Waals surface area contributed by atoms with Gasteiger partial charge in [-0.05, 0) is 12.1 Å². The molecule has 4 nitrogen and oxygen atoms in total. The first-order valence-electron chi connectivity index (χ1n) is 5.01. The number of nitrogens with one attached hydrogen (secondary N) is 1. The fraction of sp³-hybridized carbons (Fsp3) is 0.500. The van der Waals surface area contributed by atoms with Crippen molar-refractivity contribution in [3.63, 3.8) is 0 Å². The van der Waals surface area contributed by atoms with Crippen LogP contribution in [0.5, 0.6) is 0 Å². The van der Waals surface area contributed by atoms with E-state index >= 15 is 0 Å². The minimum Gasteiger partial charge on any atom is -0.394 e. The van der Waals surface area contributed by atoms with Crippen molar-refractivity contribution in [2.24, 2.45) is 0 Å². The van der Waals surface area contributed by atoms with Crippen LogP contribution in [0.15, 0.2) is 18.2 Å². The lowest BCUT2D eigenvalue weighted by atomic mass is 10.3. The van der Waals surface area contributed by atoms with Crippen molar-refractivity contribution in [1.82, 2.24) is 4.98 Å². The van der Waals surface area contributed by atoms with Crippen LogP contribution in [-0.2, 0) is 10.9 Å². The van der Waals surface area contributed by atoms with Gasteiger partial charge in [0, 0.05) is 6.54 Å². The topological polar surface area (TPSA) is 54.4 Å². The van der Waals surface area contributed by atoms with Crippen molar-refractivity contribution in [1.29, 1.82) is 0 Å². The average molecular weight is 250 g/mol. The number of hydrogen-bond donors (Lipinski definition) is 2. The van der Waals surface area contributed by atoms with Crippen molar-refractivity contribution in [2.75, 3.05) is 31.7 Å². The third-order valence-electron chi connectivity index (χ3n) is 1.83. The molecule has 0 saturated heterocycles. The van der Waals surface area contributed by atoms with Gasteiger partial charge in [-0.3, -0.25) is 0 Å². The Bertz CT molecular complexity index is 345. The number of halogens is 3. The molecule has 17 heavy (non-hydrogen) atoms. The summed E-state index contributed by atoms with van der Waals surface area (Å²) >= 11 is 0. The second-order valence-electron chi connectivity index (χ2n) is 3.17. The molecular formula is C10H13F3N2O2. The molecule has 0 aliphatic rings. The third-order valence-corrected chi connectivity index (χ3v) is 1.83. The van der Waals surface area contributed by atoms with E-state index < -0.39 is 11.9 Å². The number of anilines is 1. The first-order valence-corrected chi connectivity index (χ1v) is 5.01. The number of ether oxygens (including phenoxy) is 1. The highest BCUT2D eigenvalue weighted by molar-refractivity contribution is 5.35. The van der Waals surface area contributed by atoms with Crippen molar-refractivity contribution in [3.05, 3.63) is 23.9 Å². The fourth-order valence-corrected chi connectivity index (χ4v) is 1.11. The van der Waals surface area contributed by atoms with Crippen LogP contribution in [-0.4, -0.2) is 36.5 Å². The van der Waals surface area contributed by atoms with Crippen LogP contribution in [0.25, 0.3) is 0 Å². The number of aliphatic hydroxyl groups is 1. The molecule has 0 spiro atoms. The summed E-state index contributed by atoms with van der Waals surface area (Å²) in [5.41, 5.74) is -0.932. The maximum Gasteiger partial charge on any atom is 0.433 e. The summed E-state index contributed by atoms with van der Waals surface area (Å²) in [7, 11) is 0.